The highest BCUT2D eigenvalue weighted by atomic mass is 28.3. The number of nitrogens with two attached hydrogens (primary N) is 1. The highest BCUT2D eigenvalue weighted by molar-refractivity contribution is 6.76. The molecule has 1 rings (SSSR count). The van der Waals surface area contributed by atoms with Crippen LogP contribution in [0.2, 0.25) is 25.7 Å². The van der Waals surface area contributed by atoms with Crippen molar-refractivity contribution in [3.8, 4) is 0 Å². The van der Waals surface area contributed by atoms with Crippen LogP contribution in [-0.2, 0) is 11.5 Å². The van der Waals surface area contributed by atoms with Crippen LogP contribution in [0.3, 0.4) is 0 Å². The number of hydrogen-bond donors (Lipinski definition) is 2. The maximum absolute atomic E-state index is 5.58. The van der Waals surface area contributed by atoms with E-state index in [2.05, 4.69) is 29.8 Å². The highest BCUT2D eigenvalue weighted by Gasteiger charge is 2.12. The molecule has 0 bridgehead atoms. The summed E-state index contributed by atoms with van der Waals surface area (Å²) >= 11 is 0. The lowest BCUT2D eigenvalue weighted by molar-refractivity contribution is -0.719. The van der Waals surface area contributed by atoms with Gasteiger partial charge >= 0.3 is 5.95 Å². The van der Waals surface area contributed by atoms with E-state index in [-0.39, 0.29) is 0 Å². The van der Waals surface area contributed by atoms with Crippen molar-refractivity contribution >= 4 is 14.0 Å². The van der Waals surface area contributed by atoms with Crippen molar-refractivity contribution in [3.05, 3.63) is 6.33 Å². The quantitative estimate of drug-likeness (QED) is 0.429. The van der Waals surface area contributed by atoms with E-state index in [0.29, 0.717) is 12.7 Å². The first-order valence-corrected chi connectivity index (χ1v) is 8.46. The van der Waals surface area contributed by atoms with Gasteiger partial charge in [0.1, 0.15) is 0 Å². The average molecular weight is 215 g/mol. The monoisotopic (exact) mass is 215 g/mol. The number of rotatable bonds is 5. The smallest absolute Gasteiger partial charge is 0.341 e. The molecule has 1 aromatic heterocycles. The Morgan fingerprint density at radius 1 is 1.57 bits per heavy atom. The number of aromatic amines is 1. The fraction of sp³-hybridized carbons (Fsp3) is 0.750. The number of nitrogens with one attached hydrogen (secondary N) is 1. The van der Waals surface area contributed by atoms with E-state index in [1.807, 2.05) is 0 Å². The lowest BCUT2D eigenvalue weighted by atomic mass is 10.8. The molecule has 0 saturated carbocycles. The maximum atomic E-state index is 5.58. The van der Waals surface area contributed by atoms with Crippen molar-refractivity contribution in [3.63, 3.8) is 0 Å². The van der Waals surface area contributed by atoms with Crippen LogP contribution >= 0.6 is 0 Å². The molecule has 0 saturated heterocycles. The third kappa shape index (κ3) is 3.88. The molecule has 0 aliphatic rings. The molecule has 0 aliphatic heterocycles. The Bertz CT molecular complexity index is 281. The minimum atomic E-state index is -0.982. The average Bonchev–Trinajstić information content (AvgIpc) is 2.44. The zero-order valence-corrected chi connectivity index (χ0v) is 10.1. The molecule has 3 N–H and O–H groups in total. The van der Waals surface area contributed by atoms with Gasteiger partial charge in [-0.15, -0.1) is 5.10 Å². The molecule has 1 aromatic rings. The largest absolute Gasteiger partial charge is 0.351 e. The Balaban J connectivity index is 2.20. The molecule has 1 heterocycles. The zero-order chi connectivity index (χ0) is 10.6. The summed E-state index contributed by atoms with van der Waals surface area (Å²) in [5.41, 5.74) is 5.58. The van der Waals surface area contributed by atoms with Crippen LogP contribution in [0.4, 0.5) is 5.95 Å². The number of nitrogens with zero attached hydrogens (tertiary/aromatic N) is 2. The number of anilines is 1. The predicted molar refractivity (Wildman–Crippen MR) is 57.3 cm³/mol. The first kappa shape index (κ1) is 11.2. The Kier molecular flexibility index (Phi) is 3.65. The van der Waals surface area contributed by atoms with Gasteiger partial charge in [0.15, 0.2) is 6.73 Å². The lowest BCUT2D eigenvalue weighted by Crippen LogP contribution is -2.36. The van der Waals surface area contributed by atoms with Crippen molar-refractivity contribution in [1.82, 2.24) is 10.2 Å². The zero-order valence-electron chi connectivity index (χ0n) is 9.08. The van der Waals surface area contributed by atoms with Crippen LogP contribution in [0.5, 0.6) is 0 Å². The van der Waals surface area contributed by atoms with Crippen molar-refractivity contribution in [2.45, 2.75) is 32.4 Å². The molecule has 5 nitrogen and oxygen atoms in total. The summed E-state index contributed by atoms with van der Waals surface area (Å²) in [4.78, 5) is 0. The fourth-order valence-corrected chi connectivity index (χ4v) is 1.69. The molecule has 6 heteroatoms. The number of H-pyrrole nitrogens is 1. The van der Waals surface area contributed by atoms with Crippen LogP contribution in [0.25, 0.3) is 0 Å². The van der Waals surface area contributed by atoms with Crippen LogP contribution in [0.1, 0.15) is 0 Å². The normalized spacial score (nSPS) is 11.9. The third-order valence-electron chi connectivity index (χ3n) is 1.91. The van der Waals surface area contributed by atoms with Crippen molar-refractivity contribution in [2.24, 2.45) is 0 Å². The van der Waals surface area contributed by atoms with E-state index in [1.54, 1.807) is 10.9 Å². The summed E-state index contributed by atoms with van der Waals surface area (Å²) in [6, 6.07) is 1.17. The van der Waals surface area contributed by atoms with E-state index in [4.69, 9.17) is 10.5 Å². The SMILES string of the molecule is C[Si](C)(C)CCOC[n+]1cn[nH]c1N. The minimum Gasteiger partial charge on any atom is -0.351 e. The standard InChI is InChI=1S/C8H18N4OSi/c1-14(2,3)5-4-13-7-12-6-10-11-8(12)9/h6H,4-5,7H2,1-3H3,(H2,9,11)/p+1. The molecule has 14 heavy (non-hydrogen) atoms. The van der Waals surface area contributed by atoms with E-state index in [1.165, 1.54) is 6.04 Å². The second kappa shape index (κ2) is 4.56. The molecule has 0 fully saturated rings. The van der Waals surface area contributed by atoms with Crippen molar-refractivity contribution in [2.75, 3.05) is 12.3 Å². The maximum Gasteiger partial charge on any atom is 0.341 e. The van der Waals surface area contributed by atoms with Gasteiger partial charge in [-0.2, -0.15) is 0 Å². The van der Waals surface area contributed by atoms with Crippen LogP contribution < -0.4 is 10.3 Å². The van der Waals surface area contributed by atoms with E-state index in [9.17, 15) is 0 Å². The van der Waals surface area contributed by atoms with Gasteiger partial charge in [0, 0.05) is 14.7 Å². The molecule has 80 valence electrons. The van der Waals surface area contributed by atoms with Crippen LogP contribution in [0.15, 0.2) is 6.33 Å². The van der Waals surface area contributed by atoms with Gasteiger partial charge in [-0.05, 0) is 11.1 Å². The number of aromatic nitrogens is 3. The fourth-order valence-electron chi connectivity index (χ4n) is 0.935. The van der Waals surface area contributed by atoms with Gasteiger partial charge < -0.3 is 10.5 Å². The number of ether oxygens (including phenoxy) is 1. The second-order valence-electron chi connectivity index (χ2n) is 4.56. The molecule has 0 aromatic carbocycles. The number of nitrogen functional groups attached to an aromatic ring is 1. The van der Waals surface area contributed by atoms with Gasteiger partial charge in [0.25, 0.3) is 0 Å². The second-order valence-corrected chi connectivity index (χ2v) is 10.2. The van der Waals surface area contributed by atoms with Gasteiger partial charge in [-0.25, -0.2) is 4.57 Å². The Morgan fingerprint density at radius 3 is 2.79 bits per heavy atom. The predicted octanol–water partition coefficient (Wildman–Crippen LogP) is 0.592. The van der Waals surface area contributed by atoms with Crippen LogP contribution in [-0.4, -0.2) is 24.9 Å². The van der Waals surface area contributed by atoms with Gasteiger partial charge in [-0.3, -0.25) is 0 Å². The molecule has 0 atom stereocenters. The first-order chi connectivity index (χ1) is 6.49. The summed E-state index contributed by atoms with van der Waals surface area (Å²) < 4.78 is 7.23. The number of hydrogen-bond acceptors (Lipinski definition) is 3. The van der Waals surface area contributed by atoms with E-state index >= 15 is 0 Å². The first-order valence-electron chi connectivity index (χ1n) is 4.75. The Hall–Kier alpha value is -0.883. The third-order valence-corrected chi connectivity index (χ3v) is 3.62. The van der Waals surface area contributed by atoms with E-state index in [0.717, 1.165) is 6.61 Å². The lowest BCUT2D eigenvalue weighted by Gasteiger charge is -2.14. The van der Waals surface area contributed by atoms with Crippen LogP contribution in [0, 0.1) is 0 Å². The molecule has 0 amide bonds. The van der Waals surface area contributed by atoms with E-state index < -0.39 is 8.07 Å². The molecule has 0 spiro atoms. The topological polar surface area (TPSA) is 67.8 Å². The summed E-state index contributed by atoms with van der Waals surface area (Å²) in [6.45, 7) is 8.27. The molecular formula is C8H19N4OSi+. The highest BCUT2D eigenvalue weighted by Crippen LogP contribution is 2.07. The molecule has 0 unspecified atom stereocenters. The van der Waals surface area contributed by atoms with Crippen molar-refractivity contribution in [1.29, 1.82) is 0 Å². The van der Waals surface area contributed by atoms with Gasteiger partial charge in [0.05, 0.1) is 0 Å². The van der Waals surface area contributed by atoms with Crippen molar-refractivity contribution < 1.29 is 9.30 Å². The molecular weight excluding hydrogens is 196 g/mol. The van der Waals surface area contributed by atoms with Gasteiger partial charge in [-0.1, -0.05) is 19.6 Å². The molecule has 0 aliphatic carbocycles. The Labute approximate surface area is 85.3 Å². The minimum absolute atomic E-state index is 0.479. The Morgan fingerprint density at radius 2 is 2.29 bits per heavy atom. The van der Waals surface area contributed by atoms with Gasteiger partial charge in [0.2, 0.25) is 6.33 Å². The summed E-state index contributed by atoms with van der Waals surface area (Å²) in [7, 11) is -0.982. The summed E-state index contributed by atoms with van der Waals surface area (Å²) in [5.74, 6) is 0.526. The summed E-state index contributed by atoms with van der Waals surface area (Å²) in [5, 5.41) is 6.44. The summed E-state index contributed by atoms with van der Waals surface area (Å²) in [6.07, 6.45) is 1.63. The molecule has 0 radical (unpaired) electrons.